The molecule has 0 saturated carbocycles. The first-order valence-corrected chi connectivity index (χ1v) is 10.6. The van der Waals surface area contributed by atoms with Crippen LogP contribution in [0.25, 0.3) is 5.69 Å². The molecule has 0 aliphatic carbocycles. The number of benzene rings is 1. The first-order valence-electron chi connectivity index (χ1n) is 10.6. The maximum atomic E-state index is 13.0. The van der Waals surface area contributed by atoms with Crippen LogP contribution in [-0.4, -0.2) is 38.3 Å². The highest BCUT2D eigenvalue weighted by Gasteiger charge is 2.28. The Kier molecular flexibility index (Phi) is 5.63. The van der Waals surface area contributed by atoms with E-state index in [1.54, 1.807) is 9.36 Å². The van der Waals surface area contributed by atoms with Gasteiger partial charge in [-0.05, 0) is 51.8 Å². The summed E-state index contributed by atoms with van der Waals surface area (Å²) in [5.74, 6) is 0.472. The highest BCUT2D eigenvalue weighted by atomic mass is 16.2. The largest absolute Gasteiger partial charge is 0.341 e. The topological polar surface area (TPSA) is 85.0 Å². The number of aryl methyl sites for hydroxylation is 2. The highest BCUT2D eigenvalue weighted by molar-refractivity contribution is 5.93. The van der Waals surface area contributed by atoms with E-state index < -0.39 is 0 Å². The fraction of sp³-hybridized carbons (Fsp3) is 0.391. The predicted octanol–water partition coefficient (Wildman–Crippen LogP) is 2.75. The van der Waals surface area contributed by atoms with Gasteiger partial charge in [-0.3, -0.25) is 14.3 Å². The van der Waals surface area contributed by atoms with Gasteiger partial charge in [0.15, 0.2) is 0 Å². The number of carbonyl (C=O) groups is 1. The van der Waals surface area contributed by atoms with E-state index in [1.165, 1.54) is 0 Å². The van der Waals surface area contributed by atoms with Crippen molar-refractivity contribution in [2.75, 3.05) is 23.3 Å². The van der Waals surface area contributed by atoms with Crippen LogP contribution in [0.1, 0.15) is 29.9 Å². The van der Waals surface area contributed by atoms with Gasteiger partial charge in [0, 0.05) is 37.4 Å². The maximum Gasteiger partial charge on any atom is 0.295 e. The lowest BCUT2D eigenvalue weighted by molar-refractivity contribution is -0.120. The Morgan fingerprint density at radius 1 is 1.03 bits per heavy atom. The molecule has 31 heavy (non-hydrogen) atoms. The molecular formula is C23H28N6O2. The molecule has 1 amide bonds. The molecule has 2 aromatic heterocycles. The second-order valence-electron chi connectivity index (χ2n) is 8.14. The fourth-order valence-corrected chi connectivity index (χ4v) is 4.13. The number of piperidine rings is 1. The summed E-state index contributed by atoms with van der Waals surface area (Å²) in [5, 5.41) is 2.91. The molecule has 0 atom stereocenters. The smallest absolute Gasteiger partial charge is 0.295 e. The highest BCUT2D eigenvalue weighted by Crippen LogP contribution is 2.23. The minimum atomic E-state index is -0.222. The summed E-state index contributed by atoms with van der Waals surface area (Å²) in [6.07, 6.45) is 1.39. The van der Waals surface area contributed by atoms with Crippen LogP contribution in [0.3, 0.4) is 0 Å². The number of aromatic nitrogens is 4. The second kappa shape index (κ2) is 8.37. The zero-order valence-corrected chi connectivity index (χ0v) is 18.4. The van der Waals surface area contributed by atoms with Crippen molar-refractivity contribution in [1.82, 2.24) is 19.3 Å². The zero-order valence-electron chi connectivity index (χ0n) is 18.4. The lowest BCUT2D eigenvalue weighted by Crippen LogP contribution is -2.39. The van der Waals surface area contributed by atoms with E-state index in [1.807, 2.05) is 64.2 Å². The third kappa shape index (κ3) is 4.10. The first-order chi connectivity index (χ1) is 14.8. The van der Waals surface area contributed by atoms with Gasteiger partial charge in [0.1, 0.15) is 5.69 Å². The summed E-state index contributed by atoms with van der Waals surface area (Å²) in [7, 11) is 1.82. The molecule has 1 fully saturated rings. The third-order valence-corrected chi connectivity index (χ3v) is 5.92. The van der Waals surface area contributed by atoms with Crippen molar-refractivity contribution in [2.45, 2.75) is 33.6 Å². The van der Waals surface area contributed by atoms with Crippen LogP contribution in [0, 0.1) is 26.7 Å². The van der Waals surface area contributed by atoms with Gasteiger partial charge in [0.2, 0.25) is 11.9 Å². The van der Waals surface area contributed by atoms with Crippen molar-refractivity contribution in [3.63, 3.8) is 0 Å². The monoisotopic (exact) mass is 420 g/mol. The van der Waals surface area contributed by atoms with Crippen molar-refractivity contribution in [2.24, 2.45) is 13.0 Å². The molecule has 0 unspecified atom stereocenters. The summed E-state index contributed by atoms with van der Waals surface area (Å²) in [5.41, 5.74) is 3.49. The molecule has 3 heterocycles. The number of rotatable bonds is 4. The van der Waals surface area contributed by atoms with E-state index in [0.717, 1.165) is 28.7 Å². The molecule has 162 valence electrons. The van der Waals surface area contributed by atoms with Crippen LogP contribution in [0.4, 0.5) is 11.6 Å². The molecule has 4 rings (SSSR count). The quantitative estimate of drug-likeness (QED) is 0.702. The van der Waals surface area contributed by atoms with E-state index in [4.69, 9.17) is 0 Å². The summed E-state index contributed by atoms with van der Waals surface area (Å²) in [4.78, 5) is 37.2. The van der Waals surface area contributed by atoms with E-state index in [0.29, 0.717) is 31.6 Å². The molecule has 8 nitrogen and oxygen atoms in total. The third-order valence-electron chi connectivity index (χ3n) is 5.92. The Morgan fingerprint density at radius 2 is 1.65 bits per heavy atom. The SMILES string of the molecule is Cc1cc(C)nc(N2CCC(C(=O)Nc3c(C)n(C)n(-c4ccccc4)c3=O)CC2)n1. The van der Waals surface area contributed by atoms with Gasteiger partial charge >= 0.3 is 0 Å². The van der Waals surface area contributed by atoms with E-state index in [-0.39, 0.29) is 17.4 Å². The summed E-state index contributed by atoms with van der Waals surface area (Å²) in [6, 6.07) is 11.4. The lowest BCUT2D eigenvalue weighted by Gasteiger charge is -2.31. The van der Waals surface area contributed by atoms with Gasteiger partial charge in [-0.25, -0.2) is 14.6 Å². The molecule has 3 aromatic rings. The molecule has 0 bridgehead atoms. The number of nitrogens with one attached hydrogen (secondary N) is 1. The van der Waals surface area contributed by atoms with Gasteiger partial charge in [0.25, 0.3) is 5.56 Å². The minimum Gasteiger partial charge on any atom is -0.341 e. The number of amides is 1. The van der Waals surface area contributed by atoms with Gasteiger partial charge in [0.05, 0.1) is 11.4 Å². The number of carbonyl (C=O) groups excluding carboxylic acids is 1. The number of hydrogen-bond acceptors (Lipinski definition) is 5. The average Bonchev–Trinajstić information content (AvgIpc) is 2.97. The van der Waals surface area contributed by atoms with Crippen LogP contribution >= 0.6 is 0 Å². The van der Waals surface area contributed by atoms with Crippen molar-refractivity contribution in [3.8, 4) is 5.69 Å². The molecule has 1 N–H and O–H groups in total. The summed E-state index contributed by atoms with van der Waals surface area (Å²) in [6.45, 7) is 7.19. The molecule has 8 heteroatoms. The molecular weight excluding hydrogens is 392 g/mol. The van der Waals surface area contributed by atoms with E-state index in [2.05, 4.69) is 20.2 Å². The molecule has 1 saturated heterocycles. The molecule has 0 spiro atoms. The van der Waals surface area contributed by atoms with Crippen LogP contribution in [0.15, 0.2) is 41.2 Å². The zero-order chi connectivity index (χ0) is 22.1. The fourth-order valence-electron chi connectivity index (χ4n) is 4.13. The second-order valence-corrected chi connectivity index (χ2v) is 8.14. The Labute approximate surface area is 181 Å². The Balaban J connectivity index is 1.47. The number of hydrogen-bond donors (Lipinski definition) is 1. The van der Waals surface area contributed by atoms with Crippen molar-refractivity contribution in [3.05, 3.63) is 63.8 Å². The van der Waals surface area contributed by atoms with Crippen molar-refractivity contribution < 1.29 is 4.79 Å². The summed E-state index contributed by atoms with van der Waals surface area (Å²) >= 11 is 0. The van der Waals surface area contributed by atoms with Crippen LogP contribution < -0.4 is 15.8 Å². The first kappa shape index (κ1) is 20.8. The molecule has 0 radical (unpaired) electrons. The number of nitrogens with zero attached hydrogens (tertiary/aromatic N) is 5. The molecule has 1 aliphatic rings. The van der Waals surface area contributed by atoms with E-state index in [9.17, 15) is 9.59 Å². The van der Waals surface area contributed by atoms with Gasteiger partial charge in [-0.2, -0.15) is 0 Å². The normalized spacial score (nSPS) is 14.6. The van der Waals surface area contributed by atoms with Crippen molar-refractivity contribution in [1.29, 1.82) is 0 Å². The average molecular weight is 421 g/mol. The van der Waals surface area contributed by atoms with Crippen LogP contribution in [0.2, 0.25) is 0 Å². The number of anilines is 2. The Morgan fingerprint density at radius 3 is 2.26 bits per heavy atom. The standard InChI is InChI=1S/C23H28N6O2/c1-15-14-16(2)25-23(24-15)28-12-10-18(11-13-28)21(30)26-20-17(3)27(4)29(22(20)31)19-8-6-5-7-9-19/h5-9,14,18H,10-13H2,1-4H3,(H,26,30). The van der Waals surface area contributed by atoms with E-state index >= 15 is 0 Å². The Bertz CT molecular complexity index is 1140. The van der Waals surface area contributed by atoms with Crippen LogP contribution in [-0.2, 0) is 11.8 Å². The maximum absolute atomic E-state index is 13.0. The summed E-state index contributed by atoms with van der Waals surface area (Å²) < 4.78 is 3.35. The van der Waals surface area contributed by atoms with Gasteiger partial charge < -0.3 is 10.2 Å². The molecule has 1 aliphatic heterocycles. The molecule has 1 aromatic carbocycles. The predicted molar refractivity (Wildman–Crippen MR) is 121 cm³/mol. The Hall–Kier alpha value is -3.42. The lowest BCUT2D eigenvalue weighted by atomic mass is 9.96. The minimum absolute atomic E-state index is 0.105. The van der Waals surface area contributed by atoms with Gasteiger partial charge in [-0.15, -0.1) is 0 Å². The van der Waals surface area contributed by atoms with Gasteiger partial charge in [-0.1, -0.05) is 18.2 Å². The van der Waals surface area contributed by atoms with Crippen molar-refractivity contribution >= 4 is 17.5 Å². The van der Waals surface area contributed by atoms with Crippen LogP contribution in [0.5, 0.6) is 0 Å². The number of para-hydroxylation sites is 1.